The van der Waals surface area contributed by atoms with Crippen LogP contribution < -0.4 is 0 Å². The second-order valence-electron chi connectivity index (χ2n) is 6.63. The maximum Gasteiger partial charge on any atom is 0.0505 e. The van der Waals surface area contributed by atoms with Crippen molar-refractivity contribution < 1.29 is 5.21 Å². The summed E-state index contributed by atoms with van der Waals surface area (Å²) in [5, 5.41) is 12.5. The fourth-order valence-corrected chi connectivity index (χ4v) is 3.71. The Morgan fingerprint density at radius 1 is 1.07 bits per heavy atom. The Morgan fingerprint density at radius 2 is 1.81 bits per heavy atom. The third-order valence-corrected chi connectivity index (χ3v) is 5.02. The highest BCUT2D eigenvalue weighted by Crippen LogP contribution is 2.43. The van der Waals surface area contributed by atoms with Crippen LogP contribution in [0.4, 0.5) is 0 Å². The van der Waals surface area contributed by atoms with E-state index in [1.165, 1.54) is 5.56 Å². The van der Waals surface area contributed by atoms with Gasteiger partial charge in [0.25, 0.3) is 0 Å². The predicted molar refractivity (Wildman–Crippen MR) is 109 cm³/mol. The summed E-state index contributed by atoms with van der Waals surface area (Å²) in [5.41, 5.74) is 5.76. The standard InChI is InChI=1S/C24H22N2O/c1-4-20-9-11-21(12-10-20)24(14-16-26-27,22-13-15-25-19(3)17-22)23-8-6-5-7-18(23)2/h1,5-13,15-17,27H,14H2,2-3H3/b26-16+/t24-/m1/s1. The Kier molecular flexibility index (Phi) is 5.38. The van der Waals surface area contributed by atoms with Gasteiger partial charge < -0.3 is 5.21 Å². The lowest BCUT2D eigenvalue weighted by molar-refractivity contribution is 0.319. The van der Waals surface area contributed by atoms with Crippen LogP contribution in [-0.2, 0) is 5.41 Å². The number of benzene rings is 2. The summed E-state index contributed by atoms with van der Waals surface area (Å²) in [6.07, 6.45) is 9.43. The lowest BCUT2D eigenvalue weighted by atomic mass is 9.66. The molecule has 0 aliphatic carbocycles. The first-order chi connectivity index (χ1) is 13.1. The lowest BCUT2D eigenvalue weighted by Crippen LogP contribution is -2.31. The van der Waals surface area contributed by atoms with Crippen molar-refractivity contribution in [1.29, 1.82) is 0 Å². The van der Waals surface area contributed by atoms with Crippen molar-refractivity contribution in [3.63, 3.8) is 0 Å². The van der Waals surface area contributed by atoms with E-state index in [1.54, 1.807) is 6.21 Å². The van der Waals surface area contributed by atoms with Gasteiger partial charge in [-0.2, -0.15) is 0 Å². The predicted octanol–water partition coefficient (Wildman–Crippen LogP) is 4.86. The number of nitrogens with zero attached hydrogens (tertiary/aromatic N) is 2. The van der Waals surface area contributed by atoms with Crippen LogP contribution in [0.15, 0.2) is 72.0 Å². The zero-order valence-corrected chi connectivity index (χ0v) is 15.6. The molecule has 3 aromatic rings. The third kappa shape index (κ3) is 3.47. The summed E-state index contributed by atoms with van der Waals surface area (Å²) in [5.74, 6) is 2.67. The average molecular weight is 354 g/mol. The molecule has 1 heterocycles. The second kappa shape index (κ2) is 7.88. The molecule has 3 heteroatoms. The molecule has 2 aromatic carbocycles. The first-order valence-electron chi connectivity index (χ1n) is 8.84. The van der Waals surface area contributed by atoms with Crippen LogP contribution in [0.25, 0.3) is 0 Å². The molecule has 134 valence electrons. The van der Waals surface area contributed by atoms with Crippen molar-refractivity contribution in [1.82, 2.24) is 4.98 Å². The van der Waals surface area contributed by atoms with Gasteiger partial charge in [0, 0.05) is 30.1 Å². The van der Waals surface area contributed by atoms with E-state index < -0.39 is 5.41 Å². The van der Waals surface area contributed by atoms with Gasteiger partial charge in [-0.25, -0.2) is 0 Å². The van der Waals surface area contributed by atoms with Crippen LogP contribution in [0.5, 0.6) is 0 Å². The highest BCUT2D eigenvalue weighted by molar-refractivity contribution is 5.66. The molecule has 1 aromatic heterocycles. The van der Waals surface area contributed by atoms with Crippen molar-refractivity contribution in [3.8, 4) is 12.3 Å². The quantitative estimate of drug-likeness (QED) is 0.308. The van der Waals surface area contributed by atoms with E-state index in [0.29, 0.717) is 6.42 Å². The molecular formula is C24H22N2O. The van der Waals surface area contributed by atoms with Crippen LogP contribution in [0.1, 0.15) is 39.9 Å². The summed E-state index contributed by atoms with van der Waals surface area (Å²) in [7, 11) is 0. The first kappa shape index (κ1) is 18.4. The van der Waals surface area contributed by atoms with Crippen LogP contribution in [0.2, 0.25) is 0 Å². The molecule has 0 bridgehead atoms. The van der Waals surface area contributed by atoms with Gasteiger partial charge in [-0.05, 0) is 60.4 Å². The Hall–Kier alpha value is -3.38. The smallest absolute Gasteiger partial charge is 0.0505 e. The zero-order chi connectivity index (χ0) is 19.3. The van der Waals surface area contributed by atoms with Gasteiger partial charge in [0.2, 0.25) is 0 Å². The summed E-state index contributed by atoms with van der Waals surface area (Å²) in [6.45, 7) is 4.08. The maximum atomic E-state index is 9.21. The average Bonchev–Trinajstić information content (AvgIpc) is 2.70. The summed E-state index contributed by atoms with van der Waals surface area (Å²) < 4.78 is 0. The van der Waals surface area contributed by atoms with Gasteiger partial charge in [0.1, 0.15) is 0 Å². The van der Waals surface area contributed by atoms with Crippen molar-refractivity contribution in [2.45, 2.75) is 25.7 Å². The second-order valence-corrected chi connectivity index (χ2v) is 6.63. The minimum absolute atomic E-state index is 0.507. The van der Waals surface area contributed by atoms with Crippen molar-refractivity contribution in [3.05, 3.63) is 100 Å². The number of rotatable bonds is 5. The molecule has 1 N–H and O–H groups in total. The molecule has 0 saturated carbocycles. The normalized spacial score (nSPS) is 13.2. The molecule has 0 radical (unpaired) electrons. The van der Waals surface area contributed by atoms with Gasteiger partial charge in [-0.1, -0.05) is 42.3 Å². The Bertz CT molecular complexity index is 999. The van der Waals surface area contributed by atoms with E-state index in [0.717, 1.165) is 27.9 Å². The van der Waals surface area contributed by atoms with Crippen LogP contribution in [0.3, 0.4) is 0 Å². The minimum atomic E-state index is -0.515. The Balaban J connectivity index is 2.37. The zero-order valence-electron chi connectivity index (χ0n) is 15.6. The van der Waals surface area contributed by atoms with Crippen molar-refractivity contribution in [2.24, 2.45) is 5.16 Å². The number of aryl methyl sites for hydroxylation is 2. The van der Waals surface area contributed by atoms with Crippen LogP contribution in [0, 0.1) is 26.2 Å². The number of oxime groups is 1. The molecule has 0 unspecified atom stereocenters. The number of terminal acetylenes is 1. The van der Waals surface area contributed by atoms with Gasteiger partial charge in [-0.3, -0.25) is 4.98 Å². The van der Waals surface area contributed by atoms with Crippen molar-refractivity contribution >= 4 is 6.21 Å². The van der Waals surface area contributed by atoms with Crippen molar-refractivity contribution in [2.75, 3.05) is 0 Å². The molecule has 0 amide bonds. The molecule has 3 nitrogen and oxygen atoms in total. The number of hydrogen-bond donors (Lipinski definition) is 1. The number of aromatic nitrogens is 1. The van der Waals surface area contributed by atoms with E-state index >= 15 is 0 Å². The molecule has 1 atom stereocenters. The van der Waals surface area contributed by atoms with E-state index in [1.807, 2.05) is 43.5 Å². The first-order valence-corrected chi connectivity index (χ1v) is 8.84. The molecule has 0 spiro atoms. The molecule has 0 saturated heterocycles. The van der Waals surface area contributed by atoms with Crippen LogP contribution in [-0.4, -0.2) is 16.4 Å². The van der Waals surface area contributed by atoms with Gasteiger partial charge in [0.15, 0.2) is 0 Å². The minimum Gasteiger partial charge on any atom is -0.411 e. The molecule has 0 aliphatic rings. The SMILES string of the molecule is C#Cc1ccc([C@](C/C=N/O)(c2ccnc(C)c2)c2ccccc2C)cc1. The fraction of sp³-hybridized carbons (Fsp3) is 0.167. The molecule has 0 aliphatic heterocycles. The topological polar surface area (TPSA) is 45.5 Å². The maximum absolute atomic E-state index is 9.21. The molecular weight excluding hydrogens is 332 g/mol. The van der Waals surface area contributed by atoms with Gasteiger partial charge >= 0.3 is 0 Å². The third-order valence-electron chi connectivity index (χ3n) is 5.02. The van der Waals surface area contributed by atoms with E-state index in [9.17, 15) is 5.21 Å². The highest BCUT2D eigenvalue weighted by Gasteiger charge is 2.37. The molecule has 27 heavy (non-hydrogen) atoms. The number of hydrogen-bond acceptors (Lipinski definition) is 3. The number of pyridine rings is 1. The highest BCUT2D eigenvalue weighted by atomic mass is 16.4. The molecule has 0 fully saturated rings. The summed E-state index contributed by atoms with van der Waals surface area (Å²) in [6, 6.07) is 20.4. The van der Waals surface area contributed by atoms with E-state index in [2.05, 4.69) is 53.3 Å². The monoisotopic (exact) mass is 354 g/mol. The van der Waals surface area contributed by atoms with Gasteiger partial charge in [-0.15, -0.1) is 11.6 Å². The summed E-state index contributed by atoms with van der Waals surface area (Å²) >= 11 is 0. The van der Waals surface area contributed by atoms with Crippen LogP contribution >= 0.6 is 0 Å². The Labute approximate surface area is 160 Å². The van der Waals surface area contributed by atoms with E-state index in [4.69, 9.17) is 6.42 Å². The Morgan fingerprint density at radius 3 is 2.44 bits per heavy atom. The fourth-order valence-electron chi connectivity index (χ4n) is 3.71. The summed E-state index contributed by atoms with van der Waals surface area (Å²) in [4.78, 5) is 4.36. The molecule has 3 rings (SSSR count). The largest absolute Gasteiger partial charge is 0.411 e. The van der Waals surface area contributed by atoms with Gasteiger partial charge in [0.05, 0.1) is 5.41 Å². The van der Waals surface area contributed by atoms with E-state index in [-0.39, 0.29) is 0 Å². The lowest BCUT2D eigenvalue weighted by Gasteiger charge is -2.36.